The van der Waals surface area contributed by atoms with Crippen LogP contribution in [0.2, 0.25) is 0 Å². The Hall–Kier alpha value is -1.56. The molecule has 0 unspecified atom stereocenters. The number of anilines is 1. The third-order valence-corrected chi connectivity index (χ3v) is 4.30. The quantitative estimate of drug-likeness (QED) is 0.900. The van der Waals surface area contributed by atoms with E-state index in [1.807, 2.05) is 30.3 Å². The molecule has 0 aliphatic heterocycles. The Balaban J connectivity index is 0.00000176. The number of hydrogen-bond donors (Lipinski definition) is 2. The standard InChI is InChI=1S/C16H18N2O2S.ClH/c1-21(19,20)18-16-5-3-2-4-13(16)11-6-8-12(9-7-11)14-10-15(14)17;/h2-9,14-15,18H,10,17H2,1H3;1H/t14-,15+;/m0./s1. The summed E-state index contributed by atoms with van der Waals surface area (Å²) in [6.45, 7) is 0. The highest BCUT2D eigenvalue weighted by Crippen LogP contribution is 2.39. The Kier molecular flexibility index (Phi) is 4.80. The molecule has 4 nitrogen and oxygen atoms in total. The van der Waals surface area contributed by atoms with Crippen LogP contribution in [-0.4, -0.2) is 20.7 Å². The average Bonchev–Trinajstić information content (AvgIpc) is 3.15. The predicted molar refractivity (Wildman–Crippen MR) is 92.9 cm³/mol. The van der Waals surface area contributed by atoms with Crippen LogP contribution in [0.1, 0.15) is 17.9 Å². The summed E-state index contributed by atoms with van der Waals surface area (Å²) in [4.78, 5) is 0. The van der Waals surface area contributed by atoms with Crippen LogP contribution in [-0.2, 0) is 10.0 Å². The van der Waals surface area contributed by atoms with Crippen LogP contribution in [0.3, 0.4) is 0 Å². The summed E-state index contributed by atoms with van der Waals surface area (Å²) in [6.07, 6.45) is 2.20. The summed E-state index contributed by atoms with van der Waals surface area (Å²) in [5.41, 5.74) is 9.56. The number of para-hydroxylation sites is 1. The monoisotopic (exact) mass is 338 g/mol. The van der Waals surface area contributed by atoms with E-state index in [1.54, 1.807) is 6.07 Å². The number of benzene rings is 2. The number of hydrogen-bond acceptors (Lipinski definition) is 3. The molecule has 0 aromatic heterocycles. The lowest BCUT2D eigenvalue weighted by atomic mass is 10.0. The molecule has 2 aromatic rings. The van der Waals surface area contributed by atoms with Gasteiger partial charge in [0.1, 0.15) is 0 Å². The zero-order valence-corrected chi connectivity index (χ0v) is 13.8. The molecule has 1 aliphatic carbocycles. The lowest BCUT2D eigenvalue weighted by Crippen LogP contribution is -2.10. The molecule has 6 heteroatoms. The molecule has 2 aromatic carbocycles. The molecule has 1 saturated carbocycles. The Morgan fingerprint density at radius 2 is 1.68 bits per heavy atom. The molecule has 0 radical (unpaired) electrons. The van der Waals surface area contributed by atoms with E-state index in [2.05, 4.69) is 16.9 Å². The van der Waals surface area contributed by atoms with Gasteiger partial charge in [-0.2, -0.15) is 0 Å². The first-order valence-electron chi connectivity index (χ1n) is 6.87. The van der Waals surface area contributed by atoms with Crippen molar-refractivity contribution in [1.82, 2.24) is 0 Å². The Labute approximate surface area is 137 Å². The van der Waals surface area contributed by atoms with Gasteiger partial charge >= 0.3 is 0 Å². The normalized spacial score (nSPS) is 20.1. The van der Waals surface area contributed by atoms with Gasteiger partial charge in [-0.05, 0) is 23.6 Å². The highest BCUT2D eigenvalue weighted by Gasteiger charge is 2.34. The number of sulfonamides is 1. The van der Waals surface area contributed by atoms with Gasteiger partial charge in [-0.1, -0.05) is 42.5 Å². The largest absolute Gasteiger partial charge is 0.327 e. The maximum Gasteiger partial charge on any atom is 0.229 e. The Morgan fingerprint density at radius 3 is 2.23 bits per heavy atom. The van der Waals surface area contributed by atoms with E-state index in [-0.39, 0.29) is 18.4 Å². The molecule has 0 bridgehead atoms. The van der Waals surface area contributed by atoms with Crippen molar-refractivity contribution in [1.29, 1.82) is 0 Å². The van der Waals surface area contributed by atoms with Crippen molar-refractivity contribution in [3.8, 4) is 11.1 Å². The van der Waals surface area contributed by atoms with Crippen molar-refractivity contribution in [2.24, 2.45) is 5.73 Å². The maximum atomic E-state index is 11.4. The molecule has 3 N–H and O–H groups in total. The van der Waals surface area contributed by atoms with E-state index >= 15 is 0 Å². The van der Waals surface area contributed by atoms with Crippen LogP contribution in [0.15, 0.2) is 48.5 Å². The van der Waals surface area contributed by atoms with Crippen molar-refractivity contribution < 1.29 is 8.42 Å². The van der Waals surface area contributed by atoms with Gasteiger partial charge in [-0.25, -0.2) is 8.42 Å². The molecule has 118 valence electrons. The van der Waals surface area contributed by atoms with Gasteiger partial charge in [0.2, 0.25) is 10.0 Å². The van der Waals surface area contributed by atoms with Gasteiger partial charge < -0.3 is 5.73 Å². The first-order valence-corrected chi connectivity index (χ1v) is 8.76. The topological polar surface area (TPSA) is 72.2 Å². The second-order valence-corrected chi connectivity index (χ2v) is 7.30. The van der Waals surface area contributed by atoms with E-state index in [4.69, 9.17) is 5.73 Å². The summed E-state index contributed by atoms with van der Waals surface area (Å²) in [5, 5.41) is 0. The molecular weight excluding hydrogens is 320 g/mol. The van der Waals surface area contributed by atoms with E-state index in [9.17, 15) is 8.42 Å². The van der Waals surface area contributed by atoms with Gasteiger partial charge in [0.15, 0.2) is 0 Å². The molecule has 0 saturated heterocycles. The average molecular weight is 339 g/mol. The Morgan fingerprint density at radius 1 is 1.09 bits per heavy atom. The fraction of sp³-hybridized carbons (Fsp3) is 0.250. The van der Waals surface area contributed by atoms with Crippen molar-refractivity contribution >= 4 is 28.1 Å². The van der Waals surface area contributed by atoms with E-state index in [0.29, 0.717) is 11.6 Å². The predicted octanol–water partition coefficient (Wildman–Crippen LogP) is 2.96. The third kappa shape index (κ3) is 3.80. The molecule has 0 spiro atoms. The Bertz CT molecular complexity index is 760. The molecule has 22 heavy (non-hydrogen) atoms. The lowest BCUT2D eigenvalue weighted by molar-refractivity contribution is 0.607. The van der Waals surface area contributed by atoms with Gasteiger partial charge in [0, 0.05) is 17.5 Å². The van der Waals surface area contributed by atoms with Crippen LogP contribution >= 0.6 is 12.4 Å². The third-order valence-electron chi connectivity index (χ3n) is 3.71. The van der Waals surface area contributed by atoms with Crippen molar-refractivity contribution in [3.63, 3.8) is 0 Å². The molecule has 1 fully saturated rings. The minimum Gasteiger partial charge on any atom is -0.327 e. The molecule has 0 amide bonds. The van der Waals surface area contributed by atoms with E-state index < -0.39 is 10.0 Å². The van der Waals surface area contributed by atoms with Crippen LogP contribution in [0.25, 0.3) is 11.1 Å². The fourth-order valence-corrected chi connectivity index (χ4v) is 3.11. The summed E-state index contributed by atoms with van der Waals surface area (Å²) < 4.78 is 25.5. The zero-order chi connectivity index (χ0) is 15.0. The maximum absolute atomic E-state index is 11.4. The van der Waals surface area contributed by atoms with Crippen LogP contribution in [0.4, 0.5) is 5.69 Å². The lowest BCUT2D eigenvalue weighted by Gasteiger charge is -2.11. The molecule has 1 aliphatic rings. The highest BCUT2D eigenvalue weighted by molar-refractivity contribution is 7.92. The minimum absolute atomic E-state index is 0. The molecule has 3 rings (SSSR count). The van der Waals surface area contributed by atoms with Gasteiger partial charge in [0.05, 0.1) is 11.9 Å². The number of halogens is 1. The fourth-order valence-electron chi connectivity index (χ4n) is 2.53. The van der Waals surface area contributed by atoms with Crippen LogP contribution in [0, 0.1) is 0 Å². The number of nitrogens with two attached hydrogens (primary N) is 1. The van der Waals surface area contributed by atoms with Gasteiger partial charge in [-0.15, -0.1) is 12.4 Å². The molecular formula is C16H19ClN2O2S. The van der Waals surface area contributed by atoms with Gasteiger partial charge in [0.25, 0.3) is 0 Å². The summed E-state index contributed by atoms with van der Waals surface area (Å²) in [5.74, 6) is 0.475. The first kappa shape index (κ1) is 16.8. The van der Waals surface area contributed by atoms with E-state index in [0.717, 1.165) is 23.8 Å². The van der Waals surface area contributed by atoms with Crippen molar-refractivity contribution in [2.45, 2.75) is 18.4 Å². The van der Waals surface area contributed by atoms with E-state index in [1.165, 1.54) is 5.56 Å². The van der Waals surface area contributed by atoms with Gasteiger partial charge in [-0.3, -0.25) is 4.72 Å². The smallest absolute Gasteiger partial charge is 0.229 e. The van der Waals surface area contributed by atoms with Crippen molar-refractivity contribution in [2.75, 3.05) is 11.0 Å². The SMILES string of the molecule is CS(=O)(=O)Nc1ccccc1-c1ccc([C@@H]2C[C@H]2N)cc1.Cl. The summed E-state index contributed by atoms with van der Waals surface area (Å²) >= 11 is 0. The highest BCUT2D eigenvalue weighted by atomic mass is 35.5. The zero-order valence-electron chi connectivity index (χ0n) is 12.2. The summed E-state index contributed by atoms with van der Waals surface area (Å²) in [6, 6.07) is 15.9. The van der Waals surface area contributed by atoms with Crippen LogP contribution < -0.4 is 10.5 Å². The molecule has 0 heterocycles. The number of rotatable bonds is 4. The molecule has 2 atom stereocenters. The second kappa shape index (κ2) is 6.28. The van der Waals surface area contributed by atoms with Crippen molar-refractivity contribution in [3.05, 3.63) is 54.1 Å². The van der Waals surface area contributed by atoms with Crippen LogP contribution in [0.5, 0.6) is 0 Å². The first-order chi connectivity index (χ1) is 9.94. The summed E-state index contributed by atoms with van der Waals surface area (Å²) in [7, 11) is -3.29. The minimum atomic E-state index is -3.29. The second-order valence-electron chi connectivity index (χ2n) is 5.55. The number of nitrogens with one attached hydrogen (secondary N) is 1.